The molecule has 0 bridgehead atoms. The van der Waals surface area contributed by atoms with Crippen LogP contribution in [0.4, 0.5) is 10.5 Å². The smallest absolute Gasteiger partial charge is 0.319 e. The van der Waals surface area contributed by atoms with Gasteiger partial charge in [0.15, 0.2) is 0 Å². The summed E-state index contributed by atoms with van der Waals surface area (Å²) in [5.74, 6) is 0.409. The van der Waals surface area contributed by atoms with Crippen LogP contribution < -0.4 is 10.6 Å². The van der Waals surface area contributed by atoms with Gasteiger partial charge in [-0.3, -0.25) is 0 Å². The number of unbranched alkanes of at least 4 members (excludes halogenated alkanes) is 1. The first-order valence-electron chi connectivity index (χ1n) is 13.5. The summed E-state index contributed by atoms with van der Waals surface area (Å²) in [6, 6.07) is 22.6. The Bertz CT molecular complexity index is 1140. The summed E-state index contributed by atoms with van der Waals surface area (Å²) in [7, 11) is 0. The molecule has 37 heavy (non-hydrogen) atoms. The number of amides is 2. The van der Waals surface area contributed by atoms with Gasteiger partial charge >= 0.3 is 6.03 Å². The molecule has 0 saturated carbocycles. The zero-order chi connectivity index (χ0) is 27.1. The molecule has 0 fully saturated rings. The Morgan fingerprint density at radius 2 is 1.32 bits per heavy atom. The molecule has 0 aliphatic heterocycles. The largest absolute Gasteiger partial charge is 0.507 e. The Balaban J connectivity index is 1.61. The van der Waals surface area contributed by atoms with Gasteiger partial charge in [0.05, 0.1) is 0 Å². The second-order valence-electron chi connectivity index (χ2n) is 12.0. The molecule has 0 heterocycles. The molecule has 2 amide bonds. The van der Waals surface area contributed by atoms with Crippen LogP contribution in [0.3, 0.4) is 0 Å². The molecule has 0 aliphatic rings. The van der Waals surface area contributed by atoms with E-state index in [1.165, 1.54) is 11.1 Å². The van der Waals surface area contributed by atoms with Crippen molar-refractivity contribution in [2.75, 3.05) is 11.9 Å². The summed E-state index contributed by atoms with van der Waals surface area (Å²) in [6.45, 7) is 13.5. The van der Waals surface area contributed by atoms with Crippen LogP contribution in [0, 0.1) is 0 Å². The highest BCUT2D eigenvalue weighted by Crippen LogP contribution is 2.40. The highest BCUT2D eigenvalue weighted by atomic mass is 16.3. The van der Waals surface area contributed by atoms with E-state index in [9.17, 15) is 9.90 Å². The molecule has 0 unspecified atom stereocenters. The van der Waals surface area contributed by atoms with Crippen LogP contribution in [-0.4, -0.2) is 17.7 Å². The summed E-state index contributed by atoms with van der Waals surface area (Å²) in [4.78, 5) is 12.6. The zero-order valence-corrected chi connectivity index (χ0v) is 23.4. The Morgan fingerprint density at radius 1 is 0.730 bits per heavy atom. The van der Waals surface area contributed by atoms with Crippen molar-refractivity contribution in [2.24, 2.45) is 0 Å². The highest BCUT2D eigenvalue weighted by molar-refractivity contribution is 5.90. The lowest BCUT2D eigenvalue weighted by molar-refractivity contribution is 0.252. The second-order valence-corrected chi connectivity index (χ2v) is 12.0. The van der Waals surface area contributed by atoms with E-state index >= 15 is 0 Å². The van der Waals surface area contributed by atoms with E-state index in [-0.39, 0.29) is 16.9 Å². The van der Waals surface area contributed by atoms with Crippen LogP contribution in [-0.2, 0) is 30.1 Å². The lowest BCUT2D eigenvalue weighted by Gasteiger charge is -2.28. The molecular formula is C33H44N2O2. The minimum atomic E-state index is -0.165. The van der Waals surface area contributed by atoms with Crippen molar-refractivity contribution < 1.29 is 9.90 Å². The molecule has 0 radical (unpaired) electrons. The molecule has 0 atom stereocenters. The predicted octanol–water partition coefficient (Wildman–Crippen LogP) is 7.92. The standard InChI is InChI=1S/C33H44N2O2/c1-32(2,3)27-22-25(23-28(30(27)36)33(4,5)6)19-20-26-17-10-11-18-29(26)35-31(37)34-21-13-12-16-24-14-8-7-9-15-24/h7-11,14-15,17-18,22-23,36H,12-13,16,19-21H2,1-6H3,(H2,34,35,37). The van der Waals surface area contributed by atoms with E-state index in [0.29, 0.717) is 12.3 Å². The van der Waals surface area contributed by atoms with Crippen molar-refractivity contribution in [1.29, 1.82) is 0 Å². The molecule has 3 N–H and O–H groups in total. The van der Waals surface area contributed by atoms with Crippen LogP contribution >= 0.6 is 0 Å². The number of phenols is 1. The van der Waals surface area contributed by atoms with Crippen LogP contribution in [0.5, 0.6) is 5.75 Å². The number of aromatic hydroxyl groups is 1. The van der Waals surface area contributed by atoms with Crippen molar-refractivity contribution in [3.05, 3.63) is 94.5 Å². The SMILES string of the molecule is CC(C)(C)c1cc(CCc2ccccc2NC(=O)NCCCCc2ccccc2)cc(C(C)(C)C)c1O. The molecular weight excluding hydrogens is 456 g/mol. The van der Waals surface area contributed by atoms with Gasteiger partial charge in [0, 0.05) is 12.2 Å². The Morgan fingerprint density at radius 3 is 1.95 bits per heavy atom. The highest BCUT2D eigenvalue weighted by Gasteiger charge is 2.26. The van der Waals surface area contributed by atoms with Gasteiger partial charge in [0.2, 0.25) is 0 Å². The van der Waals surface area contributed by atoms with Gasteiger partial charge in [-0.15, -0.1) is 0 Å². The molecule has 198 valence electrons. The normalized spacial score (nSPS) is 11.8. The van der Waals surface area contributed by atoms with Gasteiger partial charge in [-0.25, -0.2) is 4.79 Å². The monoisotopic (exact) mass is 500 g/mol. The average molecular weight is 501 g/mol. The van der Waals surface area contributed by atoms with Gasteiger partial charge in [-0.1, -0.05) is 102 Å². The average Bonchev–Trinajstić information content (AvgIpc) is 2.83. The summed E-state index contributed by atoms with van der Waals surface area (Å²) in [5.41, 5.74) is 6.13. The first-order chi connectivity index (χ1) is 17.4. The van der Waals surface area contributed by atoms with Crippen molar-refractivity contribution in [1.82, 2.24) is 5.32 Å². The summed E-state index contributed by atoms with van der Waals surface area (Å²) < 4.78 is 0. The summed E-state index contributed by atoms with van der Waals surface area (Å²) >= 11 is 0. The quantitative estimate of drug-likeness (QED) is 0.261. The molecule has 0 aromatic heterocycles. The van der Waals surface area contributed by atoms with Crippen molar-refractivity contribution >= 4 is 11.7 Å². The fourth-order valence-electron chi connectivity index (χ4n) is 4.59. The fourth-order valence-corrected chi connectivity index (χ4v) is 4.59. The first kappa shape index (κ1) is 28.3. The molecule has 0 saturated heterocycles. The van der Waals surface area contributed by atoms with E-state index in [4.69, 9.17) is 0 Å². The maximum absolute atomic E-state index is 12.6. The van der Waals surface area contributed by atoms with Gasteiger partial charge in [-0.05, 0) is 76.8 Å². The third kappa shape index (κ3) is 8.38. The van der Waals surface area contributed by atoms with Crippen LogP contribution in [0.25, 0.3) is 0 Å². The topological polar surface area (TPSA) is 61.4 Å². The zero-order valence-electron chi connectivity index (χ0n) is 23.4. The number of nitrogens with one attached hydrogen (secondary N) is 2. The maximum Gasteiger partial charge on any atom is 0.319 e. The van der Waals surface area contributed by atoms with Crippen LogP contribution in [0.15, 0.2) is 66.7 Å². The number of carbonyl (C=O) groups excluding carboxylic acids is 1. The molecule has 3 aromatic rings. The third-order valence-corrected chi connectivity index (χ3v) is 6.75. The lowest BCUT2D eigenvalue weighted by atomic mass is 9.78. The Labute approximate surface area is 223 Å². The molecule has 3 aromatic carbocycles. The lowest BCUT2D eigenvalue weighted by Crippen LogP contribution is -2.30. The molecule has 3 rings (SSSR count). The van der Waals surface area contributed by atoms with E-state index in [1.807, 2.05) is 24.3 Å². The van der Waals surface area contributed by atoms with Crippen molar-refractivity contribution in [3.8, 4) is 5.75 Å². The van der Waals surface area contributed by atoms with Gasteiger partial charge in [0.25, 0.3) is 0 Å². The summed E-state index contributed by atoms with van der Waals surface area (Å²) in [6.07, 6.45) is 4.63. The maximum atomic E-state index is 12.6. The number of urea groups is 1. The molecule has 4 nitrogen and oxygen atoms in total. The van der Waals surface area contributed by atoms with Gasteiger partial charge < -0.3 is 15.7 Å². The van der Waals surface area contributed by atoms with Crippen LogP contribution in [0.1, 0.15) is 82.2 Å². The first-order valence-corrected chi connectivity index (χ1v) is 13.5. The van der Waals surface area contributed by atoms with Crippen LogP contribution in [0.2, 0.25) is 0 Å². The number of anilines is 1. The number of aryl methyl sites for hydroxylation is 3. The predicted molar refractivity (Wildman–Crippen MR) is 156 cm³/mol. The number of carbonyl (C=O) groups is 1. The van der Waals surface area contributed by atoms with Gasteiger partial charge in [-0.2, -0.15) is 0 Å². The Hall–Kier alpha value is -3.27. The minimum Gasteiger partial charge on any atom is -0.507 e. The number of para-hydroxylation sites is 1. The van der Waals surface area contributed by atoms with E-state index in [0.717, 1.165) is 54.5 Å². The van der Waals surface area contributed by atoms with Crippen molar-refractivity contribution in [2.45, 2.75) is 84.5 Å². The molecule has 0 spiro atoms. The third-order valence-electron chi connectivity index (χ3n) is 6.75. The van der Waals surface area contributed by atoms with E-state index < -0.39 is 0 Å². The Kier molecular flexibility index (Phi) is 9.42. The number of hydrogen-bond acceptors (Lipinski definition) is 2. The molecule has 4 heteroatoms. The fraction of sp³-hybridized carbons (Fsp3) is 0.424. The second kappa shape index (κ2) is 12.3. The number of phenolic OH excluding ortho intramolecular Hbond substituents is 1. The number of benzene rings is 3. The number of hydrogen-bond donors (Lipinski definition) is 3. The van der Waals surface area contributed by atoms with E-state index in [1.54, 1.807) is 0 Å². The minimum absolute atomic E-state index is 0.154. The number of rotatable bonds is 9. The van der Waals surface area contributed by atoms with E-state index in [2.05, 4.69) is 94.6 Å². The summed E-state index contributed by atoms with van der Waals surface area (Å²) in [5, 5.41) is 17.1. The van der Waals surface area contributed by atoms with Crippen molar-refractivity contribution in [3.63, 3.8) is 0 Å². The van der Waals surface area contributed by atoms with Gasteiger partial charge in [0.1, 0.15) is 5.75 Å². The molecule has 0 aliphatic carbocycles.